The molecule has 0 spiro atoms. The predicted octanol–water partition coefficient (Wildman–Crippen LogP) is 3.79. The zero-order valence-electron chi connectivity index (χ0n) is 15.1. The normalized spacial score (nSPS) is 11.8. The third kappa shape index (κ3) is 3.42. The van der Waals surface area contributed by atoms with Gasteiger partial charge in [0.05, 0.1) is 17.9 Å². The van der Waals surface area contributed by atoms with E-state index in [4.69, 9.17) is 0 Å². The second-order valence-electron chi connectivity index (χ2n) is 6.32. The van der Waals surface area contributed by atoms with Crippen molar-refractivity contribution in [2.75, 3.05) is 0 Å². The van der Waals surface area contributed by atoms with Crippen LogP contribution in [0.3, 0.4) is 0 Å². The van der Waals surface area contributed by atoms with E-state index in [1.165, 1.54) is 0 Å². The number of amides is 1. The average Bonchev–Trinajstić information content (AvgIpc) is 3.03. The number of hydrogen-bond acceptors (Lipinski definition) is 3. The van der Waals surface area contributed by atoms with Crippen molar-refractivity contribution in [2.45, 2.75) is 26.8 Å². The molecular weight excluding hydrogens is 326 g/mol. The third-order valence-electron chi connectivity index (χ3n) is 4.51. The minimum Gasteiger partial charge on any atom is -0.345 e. The zero-order valence-corrected chi connectivity index (χ0v) is 15.1. The number of benzene rings is 2. The molecule has 5 nitrogen and oxygen atoms in total. The van der Waals surface area contributed by atoms with Gasteiger partial charge in [-0.15, -0.1) is 0 Å². The molecule has 1 N–H and O–H groups in total. The molecular formula is C21H21N3O2. The predicted molar refractivity (Wildman–Crippen MR) is 101 cm³/mol. The summed E-state index contributed by atoms with van der Waals surface area (Å²) in [5.41, 5.74) is 5.18. The molecule has 1 amide bonds. The molecule has 3 aromatic rings. The van der Waals surface area contributed by atoms with Crippen molar-refractivity contribution in [3.05, 3.63) is 82.7 Å². The Labute approximate surface area is 152 Å². The van der Waals surface area contributed by atoms with Gasteiger partial charge < -0.3 is 5.32 Å². The van der Waals surface area contributed by atoms with Gasteiger partial charge in [-0.1, -0.05) is 30.3 Å². The molecule has 26 heavy (non-hydrogen) atoms. The van der Waals surface area contributed by atoms with Crippen LogP contribution in [0.2, 0.25) is 0 Å². The lowest BCUT2D eigenvalue weighted by Gasteiger charge is -2.15. The largest absolute Gasteiger partial charge is 0.345 e. The summed E-state index contributed by atoms with van der Waals surface area (Å²) in [5.74, 6) is -0.182. The van der Waals surface area contributed by atoms with E-state index in [1.54, 1.807) is 30.5 Å². The van der Waals surface area contributed by atoms with E-state index in [0.717, 1.165) is 28.8 Å². The first-order valence-corrected chi connectivity index (χ1v) is 8.48. The SMILES string of the molecule is Cc1ccccc1-n1ncc(C(C)NC(=O)c2ccc(C=O)cc2)c1C. The fraction of sp³-hybridized carbons (Fsp3) is 0.190. The monoisotopic (exact) mass is 347 g/mol. The maximum Gasteiger partial charge on any atom is 0.251 e. The summed E-state index contributed by atoms with van der Waals surface area (Å²) in [6.45, 7) is 5.98. The highest BCUT2D eigenvalue weighted by molar-refractivity contribution is 5.95. The van der Waals surface area contributed by atoms with Crippen molar-refractivity contribution in [1.82, 2.24) is 15.1 Å². The van der Waals surface area contributed by atoms with E-state index in [0.29, 0.717) is 11.1 Å². The van der Waals surface area contributed by atoms with E-state index in [1.807, 2.05) is 49.7 Å². The average molecular weight is 347 g/mol. The van der Waals surface area contributed by atoms with Crippen molar-refractivity contribution < 1.29 is 9.59 Å². The van der Waals surface area contributed by atoms with Crippen molar-refractivity contribution in [3.8, 4) is 5.69 Å². The van der Waals surface area contributed by atoms with Gasteiger partial charge in [-0.3, -0.25) is 9.59 Å². The Hall–Kier alpha value is -3.21. The molecule has 5 heteroatoms. The summed E-state index contributed by atoms with van der Waals surface area (Å²) in [6, 6.07) is 14.4. The lowest BCUT2D eigenvalue weighted by Crippen LogP contribution is -2.27. The Morgan fingerprint density at radius 2 is 1.81 bits per heavy atom. The molecule has 1 unspecified atom stereocenters. The van der Waals surface area contributed by atoms with Crippen LogP contribution in [0.25, 0.3) is 5.69 Å². The number of rotatable bonds is 5. The van der Waals surface area contributed by atoms with Gasteiger partial charge in [-0.25, -0.2) is 4.68 Å². The lowest BCUT2D eigenvalue weighted by molar-refractivity contribution is 0.0939. The number of carbonyl (C=O) groups is 2. The number of nitrogens with zero attached hydrogens (tertiary/aromatic N) is 2. The van der Waals surface area contributed by atoms with Gasteiger partial charge in [0.25, 0.3) is 5.91 Å². The summed E-state index contributed by atoms with van der Waals surface area (Å²) in [6.07, 6.45) is 2.55. The van der Waals surface area contributed by atoms with E-state index in [9.17, 15) is 9.59 Å². The minimum absolute atomic E-state index is 0.182. The molecule has 0 radical (unpaired) electrons. The summed E-state index contributed by atoms with van der Waals surface area (Å²) < 4.78 is 1.90. The van der Waals surface area contributed by atoms with Crippen LogP contribution in [0.4, 0.5) is 0 Å². The van der Waals surface area contributed by atoms with Gasteiger partial charge in [0.2, 0.25) is 0 Å². The summed E-state index contributed by atoms with van der Waals surface area (Å²) in [4.78, 5) is 23.2. The molecule has 1 aromatic heterocycles. The Morgan fingerprint density at radius 3 is 2.46 bits per heavy atom. The van der Waals surface area contributed by atoms with Crippen LogP contribution in [0.15, 0.2) is 54.7 Å². The highest BCUT2D eigenvalue weighted by Gasteiger charge is 2.17. The van der Waals surface area contributed by atoms with Crippen LogP contribution < -0.4 is 5.32 Å². The second kappa shape index (κ2) is 7.35. The number of aldehydes is 1. The molecule has 0 bridgehead atoms. The summed E-state index contributed by atoms with van der Waals surface area (Å²) in [7, 11) is 0. The molecule has 3 rings (SSSR count). The van der Waals surface area contributed by atoms with E-state index >= 15 is 0 Å². The first-order chi connectivity index (χ1) is 12.5. The van der Waals surface area contributed by atoms with Gasteiger partial charge in [-0.2, -0.15) is 5.10 Å². The minimum atomic E-state index is -0.189. The standard InChI is InChI=1S/C21H21N3O2/c1-14-6-4-5-7-20(14)24-16(3)19(12-22-24)15(2)23-21(26)18-10-8-17(13-25)9-11-18/h4-13,15H,1-3H3,(H,23,26). The highest BCUT2D eigenvalue weighted by atomic mass is 16.1. The van der Waals surface area contributed by atoms with Crippen LogP contribution in [0, 0.1) is 13.8 Å². The smallest absolute Gasteiger partial charge is 0.251 e. The van der Waals surface area contributed by atoms with Crippen molar-refractivity contribution in [1.29, 1.82) is 0 Å². The fourth-order valence-electron chi connectivity index (χ4n) is 2.96. The summed E-state index contributed by atoms with van der Waals surface area (Å²) in [5, 5.41) is 7.49. The molecule has 0 aliphatic carbocycles. The molecule has 1 atom stereocenters. The fourth-order valence-corrected chi connectivity index (χ4v) is 2.96. The summed E-state index contributed by atoms with van der Waals surface area (Å²) >= 11 is 0. The van der Waals surface area contributed by atoms with E-state index < -0.39 is 0 Å². The van der Waals surface area contributed by atoms with Crippen LogP contribution in [0.1, 0.15) is 50.5 Å². The number of para-hydroxylation sites is 1. The molecule has 1 heterocycles. The lowest BCUT2D eigenvalue weighted by atomic mass is 10.1. The van der Waals surface area contributed by atoms with Gasteiger partial charge in [0.15, 0.2) is 0 Å². The van der Waals surface area contributed by atoms with Crippen LogP contribution >= 0.6 is 0 Å². The van der Waals surface area contributed by atoms with E-state index in [2.05, 4.69) is 10.4 Å². The molecule has 0 saturated heterocycles. The Morgan fingerprint density at radius 1 is 1.12 bits per heavy atom. The molecule has 0 fully saturated rings. The number of aromatic nitrogens is 2. The quantitative estimate of drug-likeness (QED) is 0.714. The molecule has 2 aromatic carbocycles. The number of carbonyl (C=O) groups excluding carboxylic acids is 2. The zero-order chi connectivity index (χ0) is 18.7. The first kappa shape index (κ1) is 17.6. The van der Waals surface area contributed by atoms with Crippen LogP contribution in [-0.4, -0.2) is 22.0 Å². The van der Waals surface area contributed by atoms with Crippen LogP contribution in [0.5, 0.6) is 0 Å². The number of hydrogen-bond donors (Lipinski definition) is 1. The first-order valence-electron chi connectivity index (χ1n) is 8.48. The van der Waals surface area contributed by atoms with Gasteiger partial charge in [-0.05, 0) is 44.5 Å². The topological polar surface area (TPSA) is 64.0 Å². The molecule has 0 aliphatic heterocycles. The maximum absolute atomic E-state index is 12.4. The number of nitrogens with one attached hydrogen (secondary N) is 1. The second-order valence-corrected chi connectivity index (χ2v) is 6.32. The molecule has 0 aliphatic rings. The molecule has 132 valence electrons. The Bertz CT molecular complexity index is 942. The van der Waals surface area contributed by atoms with Gasteiger partial charge >= 0.3 is 0 Å². The molecule has 0 saturated carbocycles. The van der Waals surface area contributed by atoms with Crippen LogP contribution in [-0.2, 0) is 0 Å². The van der Waals surface area contributed by atoms with Crippen molar-refractivity contribution in [3.63, 3.8) is 0 Å². The van der Waals surface area contributed by atoms with E-state index in [-0.39, 0.29) is 11.9 Å². The third-order valence-corrected chi connectivity index (χ3v) is 4.51. The van der Waals surface area contributed by atoms with Gasteiger partial charge in [0, 0.05) is 22.4 Å². The maximum atomic E-state index is 12.4. The Kier molecular flexibility index (Phi) is 4.98. The van der Waals surface area contributed by atoms with Gasteiger partial charge in [0.1, 0.15) is 6.29 Å². The Balaban J connectivity index is 1.80. The number of aryl methyl sites for hydroxylation is 1. The van der Waals surface area contributed by atoms with Crippen molar-refractivity contribution >= 4 is 12.2 Å². The highest BCUT2D eigenvalue weighted by Crippen LogP contribution is 2.22. The van der Waals surface area contributed by atoms with Crippen molar-refractivity contribution in [2.24, 2.45) is 0 Å².